The summed E-state index contributed by atoms with van der Waals surface area (Å²) in [5.41, 5.74) is 10.3. The first-order valence-electron chi connectivity index (χ1n) is 6.85. The van der Waals surface area contributed by atoms with Gasteiger partial charge in [-0.1, -0.05) is 23.8 Å². The van der Waals surface area contributed by atoms with E-state index in [0.717, 1.165) is 22.6 Å². The molecule has 3 N–H and O–H groups in total. The Labute approximate surface area is 148 Å². The maximum Gasteiger partial charge on any atom is 0.193 e. The molecule has 0 atom stereocenters. The van der Waals surface area contributed by atoms with E-state index in [4.69, 9.17) is 10.5 Å². The van der Waals surface area contributed by atoms with E-state index in [1.165, 1.54) is 5.56 Å². The molecule has 2 aromatic rings. The van der Waals surface area contributed by atoms with E-state index in [1.54, 1.807) is 7.11 Å². The van der Waals surface area contributed by atoms with Crippen LogP contribution in [0.1, 0.15) is 16.7 Å². The van der Waals surface area contributed by atoms with Crippen molar-refractivity contribution in [1.82, 2.24) is 0 Å². The Morgan fingerprint density at radius 3 is 2.41 bits per heavy atom. The van der Waals surface area contributed by atoms with Gasteiger partial charge in [-0.15, -0.1) is 24.0 Å². The quantitative estimate of drug-likeness (QED) is 0.457. The highest BCUT2D eigenvalue weighted by atomic mass is 127. The molecule has 0 bridgehead atoms. The Hall–Kier alpha value is -1.76. The number of hydrogen-bond donors (Lipinski definition) is 2. The Kier molecular flexibility index (Phi) is 7.17. The van der Waals surface area contributed by atoms with Crippen molar-refractivity contribution in [1.29, 1.82) is 0 Å². The zero-order valence-electron chi connectivity index (χ0n) is 13.1. The number of anilines is 1. The third-order valence-electron chi connectivity index (χ3n) is 3.10. The number of aliphatic imine (C=N–C) groups is 1. The van der Waals surface area contributed by atoms with Crippen LogP contribution in [0.25, 0.3) is 0 Å². The molecule has 2 aromatic carbocycles. The summed E-state index contributed by atoms with van der Waals surface area (Å²) in [6.07, 6.45) is 0. The lowest BCUT2D eigenvalue weighted by molar-refractivity contribution is 0.414. The Morgan fingerprint density at radius 2 is 1.77 bits per heavy atom. The van der Waals surface area contributed by atoms with Gasteiger partial charge in [-0.2, -0.15) is 0 Å². The molecule has 2 rings (SSSR count). The average molecular weight is 411 g/mol. The number of rotatable bonds is 4. The summed E-state index contributed by atoms with van der Waals surface area (Å²) in [4.78, 5) is 4.36. The fourth-order valence-electron chi connectivity index (χ4n) is 2.03. The van der Waals surface area contributed by atoms with E-state index in [2.05, 4.69) is 16.4 Å². The summed E-state index contributed by atoms with van der Waals surface area (Å²) >= 11 is 0. The standard InChI is InChI=1S/C17H21N3O.HI/c1-12-4-6-15(7-5-12)20-17(18)19-11-14-8-13(2)9-16(10-14)21-3;/h4-10H,11H2,1-3H3,(H3,18,19,20);1H. The summed E-state index contributed by atoms with van der Waals surface area (Å²) < 4.78 is 5.25. The molecule has 0 amide bonds. The van der Waals surface area contributed by atoms with Crippen LogP contribution in [0.15, 0.2) is 47.5 Å². The van der Waals surface area contributed by atoms with Crippen LogP contribution in [0, 0.1) is 13.8 Å². The van der Waals surface area contributed by atoms with Crippen molar-refractivity contribution in [3.8, 4) is 5.75 Å². The van der Waals surface area contributed by atoms with Gasteiger partial charge in [0.15, 0.2) is 5.96 Å². The number of guanidine groups is 1. The molecular weight excluding hydrogens is 389 g/mol. The minimum atomic E-state index is 0. The Bertz CT molecular complexity index is 639. The van der Waals surface area contributed by atoms with E-state index in [-0.39, 0.29) is 24.0 Å². The second-order valence-electron chi connectivity index (χ2n) is 5.05. The maximum atomic E-state index is 5.91. The normalized spacial score (nSPS) is 10.8. The summed E-state index contributed by atoms with van der Waals surface area (Å²) in [7, 11) is 1.66. The first-order valence-corrected chi connectivity index (χ1v) is 6.85. The van der Waals surface area contributed by atoms with Crippen LogP contribution in [-0.4, -0.2) is 13.1 Å². The van der Waals surface area contributed by atoms with Crippen LogP contribution in [0.5, 0.6) is 5.75 Å². The number of nitrogens with zero attached hydrogens (tertiary/aromatic N) is 1. The van der Waals surface area contributed by atoms with Gasteiger partial charge in [0.25, 0.3) is 0 Å². The number of nitrogens with two attached hydrogens (primary N) is 1. The third kappa shape index (κ3) is 5.55. The van der Waals surface area contributed by atoms with E-state index in [9.17, 15) is 0 Å². The van der Waals surface area contributed by atoms with Gasteiger partial charge in [0.05, 0.1) is 13.7 Å². The van der Waals surface area contributed by atoms with Crippen molar-refractivity contribution < 1.29 is 4.74 Å². The first kappa shape index (κ1) is 18.3. The summed E-state index contributed by atoms with van der Waals surface area (Å²) in [5, 5.41) is 3.08. The van der Waals surface area contributed by atoms with Gasteiger partial charge < -0.3 is 15.8 Å². The average Bonchev–Trinajstić information content (AvgIpc) is 2.47. The summed E-state index contributed by atoms with van der Waals surface area (Å²) in [6, 6.07) is 14.0. The number of ether oxygens (including phenoxy) is 1. The van der Waals surface area contributed by atoms with E-state index >= 15 is 0 Å². The molecule has 0 radical (unpaired) electrons. The summed E-state index contributed by atoms with van der Waals surface area (Å²) in [6.45, 7) is 4.60. The summed E-state index contributed by atoms with van der Waals surface area (Å²) in [5.74, 6) is 1.24. The first-order chi connectivity index (χ1) is 10.1. The van der Waals surface area contributed by atoms with Gasteiger partial charge in [0.1, 0.15) is 5.75 Å². The van der Waals surface area contributed by atoms with Gasteiger partial charge >= 0.3 is 0 Å². The molecule has 0 aromatic heterocycles. The van der Waals surface area contributed by atoms with E-state index in [0.29, 0.717) is 12.5 Å². The Balaban J connectivity index is 0.00000242. The van der Waals surface area contributed by atoms with Gasteiger partial charge in [0, 0.05) is 5.69 Å². The van der Waals surface area contributed by atoms with E-state index < -0.39 is 0 Å². The van der Waals surface area contributed by atoms with Crippen LogP contribution in [-0.2, 0) is 6.54 Å². The van der Waals surface area contributed by atoms with Gasteiger partial charge in [-0.3, -0.25) is 0 Å². The topological polar surface area (TPSA) is 59.6 Å². The van der Waals surface area contributed by atoms with Crippen LogP contribution in [0.4, 0.5) is 5.69 Å². The molecule has 0 spiro atoms. The lowest BCUT2D eigenvalue weighted by atomic mass is 10.1. The molecule has 4 nitrogen and oxygen atoms in total. The number of aryl methyl sites for hydroxylation is 2. The van der Waals surface area contributed by atoms with Gasteiger partial charge in [0.2, 0.25) is 0 Å². The molecule has 0 heterocycles. The SMILES string of the molecule is COc1cc(C)cc(CN=C(N)Nc2ccc(C)cc2)c1.I. The molecule has 0 aliphatic heterocycles. The van der Waals surface area contributed by atoms with Crippen molar-refractivity contribution in [2.45, 2.75) is 20.4 Å². The zero-order valence-corrected chi connectivity index (χ0v) is 15.4. The second-order valence-corrected chi connectivity index (χ2v) is 5.05. The van der Waals surface area contributed by atoms with Crippen LogP contribution >= 0.6 is 24.0 Å². The molecule has 0 fully saturated rings. The smallest absolute Gasteiger partial charge is 0.193 e. The zero-order chi connectivity index (χ0) is 15.2. The van der Waals surface area contributed by atoms with Crippen LogP contribution in [0.3, 0.4) is 0 Å². The van der Waals surface area contributed by atoms with Gasteiger partial charge in [-0.25, -0.2) is 4.99 Å². The second kappa shape index (κ2) is 8.63. The number of benzene rings is 2. The third-order valence-corrected chi connectivity index (χ3v) is 3.10. The highest BCUT2D eigenvalue weighted by Gasteiger charge is 1.99. The minimum absolute atomic E-state index is 0. The molecule has 22 heavy (non-hydrogen) atoms. The van der Waals surface area contributed by atoms with Crippen molar-refractivity contribution in [3.05, 3.63) is 59.2 Å². The highest BCUT2D eigenvalue weighted by molar-refractivity contribution is 14.0. The molecule has 0 saturated carbocycles. The number of halogens is 1. The minimum Gasteiger partial charge on any atom is -0.497 e. The maximum absolute atomic E-state index is 5.91. The molecule has 118 valence electrons. The van der Waals surface area contributed by atoms with Crippen LogP contribution < -0.4 is 15.8 Å². The molecule has 5 heteroatoms. The van der Waals surface area contributed by atoms with Crippen molar-refractivity contribution in [2.24, 2.45) is 10.7 Å². The lowest BCUT2D eigenvalue weighted by Crippen LogP contribution is -2.22. The molecule has 0 saturated heterocycles. The van der Waals surface area contributed by atoms with Gasteiger partial charge in [-0.05, 0) is 49.2 Å². The predicted molar refractivity (Wildman–Crippen MR) is 103 cm³/mol. The number of hydrogen-bond acceptors (Lipinski definition) is 2. The Morgan fingerprint density at radius 1 is 1.09 bits per heavy atom. The molecule has 0 aliphatic rings. The fourth-order valence-corrected chi connectivity index (χ4v) is 2.03. The van der Waals surface area contributed by atoms with Crippen molar-refractivity contribution >= 4 is 35.6 Å². The van der Waals surface area contributed by atoms with E-state index in [1.807, 2.05) is 50.2 Å². The largest absolute Gasteiger partial charge is 0.497 e. The fraction of sp³-hybridized carbons (Fsp3) is 0.235. The van der Waals surface area contributed by atoms with Crippen LogP contribution in [0.2, 0.25) is 0 Å². The molecular formula is C17H22IN3O. The predicted octanol–water partition coefficient (Wildman–Crippen LogP) is 3.86. The van der Waals surface area contributed by atoms with Crippen molar-refractivity contribution in [3.63, 3.8) is 0 Å². The van der Waals surface area contributed by atoms with Crippen molar-refractivity contribution in [2.75, 3.05) is 12.4 Å². The molecule has 0 aliphatic carbocycles. The number of nitrogens with one attached hydrogen (secondary N) is 1. The monoisotopic (exact) mass is 411 g/mol. The molecule has 0 unspecified atom stereocenters. The highest BCUT2D eigenvalue weighted by Crippen LogP contribution is 2.17. The number of methoxy groups -OCH3 is 1. The lowest BCUT2D eigenvalue weighted by Gasteiger charge is -2.07.